The molecule has 2 aromatic heterocycles. The van der Waals surface area contributed by atoms with Crippen molar-refractivity contribution in [1.29, 1.82) is 0 Å². The highest BCUT2D eigenvalue weighted by Gasteiger charge is 2.13. The molecule has 3 heterocycles. The van der Waals surface area contributed by atoms with Crippen molar-refractivity contribution in [1.82, 2.24) is 20.6 Å². The van der Waals surface area contributed by atoms with Gasteiger partial charge in [0, 0.05) is 38.6 Å². The maximum atomic E-state index is 12.3. The van der Waals surface area contributed by atoms with Gasteiger partial charge in [-0.3, -0.25) is 9.78 Å². The number of carbonyl (C=O) groups is 1. The summed E-state index contributed by atoms with van der Waals surface area (Å²) < 4.78 is 0. The summed E-state index contributed by atoms with van der Waals surface area (Å²) in [5.41, 5.74) is 1.42. The molecule has 0 aliphatic carbocycles. The zero-order valence-corrected chi connectivity index (χ0v) is 13.0. The molecule has 6 nitrogen and oxygen atoms in total. The summed E-state index contributed by atoms with van der Waals surface area (Å²) in [4.78, 5) is 23.1. The Hall–Kier alpha value is -2.47. The highest BCUT2D eigenvalue weighted by molar-refractivity contribution is 5.92. The van der Waals surface area contributed by atoms with Gasteiger partial charge in [0.25, 0.3) is 5.91 Å². The lowest BCUT2D eigenvalue weighted by Gasteiger charge is -2.21. The van der Waals surface area contributed by atoms with E-state index in [1.54, 1.807) is 18.5 Å². The van der Waals surface area contributed by atoms with Crippen molar-refractivity contribution in [2.75, 3.05) is 31.1 Å². The zero-order chi connectivity index (χ0) is 15.9. The van der Waals surface area contributed by atoms with E-state index in [1.807, 2.05) is 24.3 Å². The molecule has 1 fully saturated rings. The maximum absolute atomic E-state index is 12.3. The van der Waals surface area contributed by atoms with Gasteiger partial charge in [-0.15, -0.1) is 0 Å². The third-order valence-electron chi connectivity index (χ3n) is 3.81. The minimum atomic E-state index is -0.163. The van der Waals surface area contributed by atoms with Crippen molar-refractivity contribution >= 4 is 11.7 Å². The molecule has 23 heavy (non-hydrogen) atoms. The number of anilines is 1. The Labute approximate surface area is 135 Å². The second-order valence-electron chi connectivity index (χ2n) is 5.52. The van der Waals surface area contributed by atoms with Gasteiger partial charge in [0.1, 0.15) is 11.5 Å². The Bertz CT molecular complexity index is 638. The van der Waals surface area contributed by atoms with Crippen molar-refractivity contribution in [3.63, 3.8) is 0 Å². The van der Waals surface area contributed by atoms with Gasteiger partial charge >= 0.3 is 0 Å². The molecule has 1 aliphatic rings. The molecule has 6 heteroatoms. The summed E-state index contributed by atoms with van der Waals surface area (Å²) in [6, 6.07) is 9.39. The van der Waals surface area contributed by atoms with Crippen LogP contribution < -0.4 is 15.5 Å². The lowest BCUT2D eigenvalue weighted by Crippen LogP contribution is -2.30. The van der Waals surface area contributed by atoms with Crippen molar-refractivity contribution < 1.29 is 4.79 Å². The molecule has 0 unspecified atom stereocenters. The van der Waals surface area contributed by atoms with E-state index in [0.717, 1.165) is 44.0 Å². The van der Waals surface area contributed by atoms with Crippen LogP contribution in [-0.2, 0) is 6.54 Å². The monoisotopic (exact) mass is 311 g/mol. The largest absolute Gasteiger partial charge is 0.355 e. The average molecular weight is 311 g/mol. The predicted molar refractivity (Wildman–Crippen MR) is 89.3 cm³/mol. The van der Waals surface area contributed by atoms with Crippen LogP contribution in [-0.4, -0.2) is 42.1 Å². The Morgan fingerprint density at radius 3 is 3.04 bits per heavy atom. The molecule has 1 aliphatic heterocycles. The van der Waals surface area contributed by atoms with E-state index in [4.69, 9.17) is 0 Å². The number of aromatic nitrogens is 2. The quantitative estimate of drug-likeness (QED) is 0.888. The molecule has 0 spiro atoms. The summed E-state index contributed by atoms with van der Waals surface area (Å²) in [5.74, 6) is 0.700. The molecule has 3 rings (SSSR count). The number of hydrogen-bond acceptors (Lipinski definition) is 5. The topological polar surface area (TPSA) is 70.2 Å². The third kappa shape index (κ3) is 4.26. The number of hydrogen-bond donors (Lipinski definition) is 2. The Morgan fingerprint density at radius 1 is 1.22 bits per heavy atom. The highest BCUT2D eigenvalue weighted by atomic mass is 16.1. The van der Waals surface area contributed by atoms with Gasteiger partial charge in [-0.1, -0.05) is 12.1 Å². The first-order valence-electron chi connectivity index (χ1n) is 7.93. The van der Waals surface area contributed by atoms with Gasteiger partial charge in [0.15, 0.2) is 0 Å². The molecule has 2 N–H and O–H groups in total. The number of rotatable bonds is 4. The van der Waals surface area contributed by atoms with Crippen molar-refractivity contribution in [3.8, 4) is 0 Å². The summed E-state index contributed by atoms with van der Waals surface area (Å²) in [6.07, 6.45) is 4.54. The molecule has 0 bridgehead atoms. The minimum Gasteiger partial charge on any atom is -0.355 e. The first-order valence-corrected chi connectivity index (χ1v) is 7.93. The van der Waals surface area contributed by atoms with Crippen LogP contribution in [0, 0.1) is 0 Å². The third-order valence-corrected chi connectivity index (χ3v) is 3.81. The molecule has 120 valence electrons. The standard InChI is InChI=1S/C17H21N5O/c23-17(20-13-14-4-2-7-19-12-14)15-5-1-6-16(21-15)22-10-3-8-18-9-11-22/h1-2,4-7,12,18H,3,8-11,13H2,(H,20,23). The lowest BCUT2D eigenvalue weighted by molar-refractivity contribution is 0.0946. The van der Waals surface area contributed by atoms with Crippen molar-refractivity contribution in [2.24, 2.45) is 0 Å². The lowest BCUT2D eigenvalue weighted by atomic mass is 10.2. The van der Waals surface area contributed by atoms with Gasteiger partial charge in [-0.2, -0.15) is 0 Å². The number of nitrogens with one attached hydrogen (secondary N) is 2. The van der Waals surface area contributed by atoms with Crippen LogP contribution in [0.3, 0.4) is 0 Å². The van der Waals surface area contributed by atoms with E-state index < -0.39 is 0 Å². The Balaban J connectivity index is 1.65. The van der Waals surface area contributed by atoms with Crippen LogP contribution in [0.15, 0.2) is 42.7 Å². The van der Waals surface area contributed by atoms with Gasteiger partial charge in [0.2, 0.25) is 0 Å². The predicted octanol–water partition coefficient (Wildman–Crippen LogP) is 1.21. The van der Waals surface area contributed by atoms with Gasteiger partial charge in [0.05, 0.1) is 0 Å². The average Bonchev–Trinajstić information content (AvgIpc) is 2.90. The van der Waals surface area contributed by atoms with Crippen molar-refractivity contribution in [2.45, 2.75) is 13.0 Å². The van der Waals surface area contributed by atoms with Gasteiger partial charge in [-0.25, -0.2) is 4.98 Å². The molecule has 1 saturated heterocycles. The van der Waals surface area contributed by atoms with Crippen LogP contribution in [0.1, 0.15) is 22.5 Å². The van der Waals surface area contributed by atoms with Crippen LogP contribution in [0.5, 0.6) is 0 Å². The first-order chi connectivity index (χ1) is 11.3. The second-order valence-corrected chi connectivity index (χ2v) is 5.52. The fourth-order valence-electron chi connectivity index (χ4n) is 2.58. The molecule has 0 saturated carbocycles. The molecule has 2 aromatic rings. The second kappa shape index (κ2) is 7.69. The van der Waals surface area contributed by atoms with Crippen LogP contribution in [0.4, 0.5) is 5.82 Å². The molecule has 0 aromatic carbocycles. The van der Waals surface area contributed by atoms with E-state index in [-0.39, 0.29) is 5.91 Å². The number of nitrogens with zero attached hydrogens (tertiary/aromatic N) is 3. The Kier molecular flexibility index (Phi) is 5.16. The number of carbonyl (C=O) groups excluding carboxylic acids is 1. The van der Waals surface area contributed by atoms with Gasteiger partial charge < -0.3 is 15.5 Å². The summed E-state index contributed by atoms with van der Waals surface area (Å²) in [5, 5.41) is 6.25. The number of pyridine rings is 2. The van der Waals surface area contributed by atoms with E-state index >= 15 is 0 Å². The SMILES string of the molecule is O=C(NCc1cccnc1)c1cccc(N2CCCNCC2)n1. The molecular formula is C17H21N5O. The molecular weight excluding hydrogens is 290 g/mol. The maximum Gasteiger partial charge on any atom is 0.270 e. The van der Waals surface area contributed by atoms with Crippen molar-refractivity contribution in [3.05, 3.63) is 54.0 Å². The molecule has 0 atom stereocenters. The summed E-state index contributed by atoms with van der Waals surface area (Å²) in [6.45, 7) is 4.29. The summed E-state index contributed by atoms with van der Waals surface area (Å²) in [7, 11) is 0. The van der Waals surface area contributed by atoms with Crippen LogP contribution in [0.2, 0.25) is 0 Å². The molecule has 1 amide bonds. The van der Waals surface area contributed by atoms with Crippen LogP contribution >= 0.6 is 0 Å². The first kappa shape index (κ1) is 15.4. The molecule has 0 radical (unpaired) electrons. The smallest absolute Gasteiger partial charge is 0.270 e. The van der Waals surface area contributed by atoms with E-state index in [0.29, 0.717) is 12.2 Å². The summed E-state index contributed by atoms with van der Waals surface area (Å²) >= 11 is 0. The highest BCUT2D eigenvalue weighted by Crippen LogP contribution is 2.13. The fourth-order valence-corrected chi connectivity index (χ4v) is 2.58. The fraction of sp³-hybridized carbons (Fsp3) is 0.353. The van der Waals surface area contributed by atoms with Crippen LogP contribution in [0.25, 0.3) is 0 Å². The number of amides is 1. The van der Waals surface area contributed by atoms with Gasteiger partial charge in [-0.05, 0) is 36.7 Å². The zero-order valence-electron chi connectivity index (χ0n) is 13.0. The van der Waals surface area contributed by atoms with E-state index in [9.17, 15) is 4.79 Å². The van der Waals surface area contributed by atoms with E-state index in [2.05, 4.69) is 25.5 Å². The normalized spacial score (nSPS) is 15.0. The Morgan fingerprint density at radius 2 is 2.17 bits per heavy atom. The minimum absolute atomic E-state index is 0.163. The van der Waals surface area contributed by atoms with E-state index in [1.165, 1.54) is 0 Å².